The number of carbonyl (C=O) groups excluding carboxylic acids is 2. The van der Waals surface area contributed by atoms with Crippen LogP contribution in [0, 0.1) is 0 Å². The summed E-state index contributed by atoms with van der Waals surface area (Å²) in [4.78, 5) is 35.8. The number of nitrogens with one attached hydrogen (secondary N) is 1. The number of aromatic nitrogens is 2. The predicted molar refractivity (Wildman–Crippen MR) is 117 cm³/mol. The Hall–Kier alpha value is -3.58. The summed E-state index contributed by atoms with van der Waals surface area (Å²) in [5, 5.41) is 2.82. The Labute approximate surface area is 182 Å². The maximum absolute atomic E-state index is 12.9. The first kappa shape index (κ1) is 22.1. The van der Waals surface area contributed by atoms with Crippen LogP contribution in [0.1, 0.15) is 17.0 Å². The lowest BCUT2D eigenvalue weighted by molar-refractivity contribution is -0.145. The van der Waals surface area contributed by atoms with Crippen LogP contribution in [-0.2, 0) is 33.8 Å². The lowest BCUT2D eigenvalue weighted by atomic mass is 10.1. The van der Waals surface area contributed by atoms with Crippen LogP contribution in [0.15, 0.2) is 79.1 Å². The average molecular weight is 418 g/mol. The highest BCUT2D eigenvalue weighted by Gasteiger charge is 2.23. The Morgan fingerprint density at radius 2 is 1.48 bits per heavy atom. The van der Waals surface area contributed by atoms with E-state index in [1.165, 1.54) is 7.11 Å². The van der Waals surface area contributed by atoms with Gasteiger partial charge in [0.1, 0.15) is 6.04 Å². The maximum Gasteiger partial charge on any atom is 0.328 e. The van der Waals surface area contributed by atoms with E-state index in [4.69, 9.17) is 4.74 Å². The number of hydrogen-bond acceptors (Lipinski definition) is 6. The molecule has 0 radical (unpaired) electrons. The second-order valence-corrected chi connectivity index (χ2v) is 7.12. The summed E-state index contributed by atoms with van der Waals surface area (Å²) >= 11 is 0. The maximum atomic E-state index is 12.9. The molecule has 0 fully saturated rings. The molecule has 3 aromatic rings. The monoisotopic (exact) mass is 418 g/mol. The van der Waals surface area contributed by atoms with Crippen molar-refractivity contribution in [3.05, 3.63) is 96.1 Å². The molecule has 160 valence electrons. The Morgan fingerprint density at radius 3 is 2.00 bits per heavy atom. The fourth-order valence-corrected chi connectivity index (χ4v) is 3.24. The van der Waals surface area contributed by atoms with Crippen molar-refractivity contribution in [2.75, 3.05) is 13.7 Å². The highest BCUT2D eigenvalue weighted by atomic mass is 16.5. The van der Waals surface area contributed by atoms with Gasteiger partial charge in [-0.2, -0.15) is 0 Å². The molecule has 0 saturated carbocycles. The minimum absolute atomic E-state index is 0.0927. The van der Waals surface area contributed by atoms with E-state index >= 15 is 0 Å². The fourth-order valence-electron chi connectivity index (χ4n) is 3.24. The van der Waals surface area contributed by atoms with Gasteiger partial charge < -0.3 is 10.1 Å². The predicted octanol–water partition coefficient (Wildman–Crippen LogP) is 2.38. The number of amides is 1. The lowest BCUT2D eigenvalue weighted by Gasteiger charge is -2.23. The van der Waals surface area contributed by atoms with Crippen LogP contribution >= 0.6 is 0 Å². The van der Waals surface area contributed by atoms with Crippen LogP contribution in [0.3, 0.4) is 0 Å². The smallest absolute Gasteiger partial charge is 0.328 e. The number of pyridine rings is 2. The van der Waals surface area contributed by atoms with Crippen molar-refractivity contribution in [2.24, 2.45) is 0 Å². The van der Waals surface area contributed by atoms with Gasteiger partial charge in [-0.15, -0.1) is 0 Å². The summed E-state index contributed by atoms with van der Waals surface area (Å²) in [6, 6.07) is 20.1. The van der Waals surface area contributed by atoms with Gasteiger partial charge in [0.25, 0.3) is 0 Å². The molecule has 2 heterocycles. The first-order chi connectivity index (χ1) is 15.1. The third kappa shape index (κ3) is 7.31. The molecule has 1 amide bonds. The number of ether oxygens (including phenoxy) is 1. The number of rotatable bonds is 10. The van der Waals surface area contributed by atoms with E-state index in [9.17, 15) is 9.59 Å². The molecule has 1 atom stereocenters. The van der Waals surface area contributed by atoms with Crippen LogP contribution < -0.4 is 5.32 Å². The molecule has 0 spiro atoms. The van der Waals surface area contributed by atoms with E-state index in [0.29, 0.717) is 19.5 Å². The topological polar surface area (TPSA) is 84.4 Å². The summed E-state index contributed by atoms with van der Waals surface area (Å²) in [5.41, 5.74) is 2.64. The Kier molecular flexibility index (Phi) is 8.25. The third-order valence-electron chi connectivity index (χ3n) is 4.69. The second kappa shape index (κ2) is 11.6. The summed E-state index contributed by atoms with van der Waals surface area (Å²) in [7, 11) is 1.32. The molecule has 3 rings (SSSR count). The van der Waals surface area contributed by atoms with E-state index in [0.717, 1.165) is 17.0 Å². The number of methoxy groups -OCH3 is 1. The molecule has 1 N–H and O–H groups in total. The molecular weight excluding hydrogens is 392 g/mol. The molecule has 7 nitrogen and oxygen atoms in total. The largest absolute Gasteiger partial charge is 0.467 e. The number of benzene rings is 1. The van der Waals surface area contributed by atoms with Crippen molar-refractivity contribution in [1.29, 1.82) is 0 Å². The average Bonchev–Trinajstić information content (AvgIpc) is 2.80. The lowest BCUT2D eigenvalue weighted by Crippen LogP contribution is -2.47. The van der Waals surface area contributed by atoms with Crippen molar-refractivity contribution in [3.63, 3.8) is 0 Å². The van der Waals surface area contributed by atoms with Gasteiger partial charge in [0.05, 0.1) is 25.0 Å². The standard InChI is InChI=1S/C24H26N4O3/c1-31-24(30)22(15-19-9-3-2-4-10-19)27-23(29)18-28(16-20-11-5-7-13-25-20)17-21-12-6-8-14-26-21/h2-14,22H,15-18H2,1H3,(H,27,29)/t22-/m0/s1. The van der Waals surface area contributed by atoms with Gasteiger partial charge in [-0.25, -0.2) is 4.79 Å². The number of esters is 1. The molecular formula is C24H26N4O3. The highest BCUT2D eigenvalue weighted by molar-refractivity contribution is 5.85. The molecule has 0 bridgehead atoms. The van der Waals surface area contributed by atoms with Crippen molar-refractivity contribution in [1.82, 2.24) is 20.2 Å². The molecule has 31 heavy (non-hydrogen) atoms. The van der Waals surface area contributed by atoms with E-state index in [1.807, 2.05) is 71.6 Å². The van der Waals surface area contributed by atoms with Gasteiger partial charge in [-0.05, 0) is 29.8 Å². The fraction of sp³-hybridized carbons (Fsp3) is 0.250. The first-order valence-corrected chi connectivity index (χ1v) is 10.1. The molecule has 0 aliphatic heterocycles. The van der Waals surface area contributed by atoms with E-state index in [-0.39, 0.29) is 12.5 Å². The number of carbonyl (C=O) groups is 2. The number of hydrogen-bond donors (Lipinski definition) is 1. The van der Waals surface area contributed by atoms with Gasteiger partial charge in [-0.3, -0.25) is 19.7 Å². The van der Waals surface area contributed by atoms with Gasteiger partial charge in [0, 0.05) is 31.9 Å². The Morgan fingerprint density at radius 1 is 0.903 bits per heavy atom. The summed E-state index contributed by atoms with van der Waals surface area (Å²) in [6.07, 6.45) is 3.81. The highest BCUT2D eigenvalue weighted by Crippen LogP contribution is 2.08. The van der Waals surface area contributed by atoms with Crippen LogP contribution in [0.4, 0.5) is 0 Å². The van der Waals surface area contributed by atoms with E-state index in [2.05, 4.69) is 15.3 Å². The van der Waals surface area contributed by atoms with Crippen LogP contribution in [0.5, 0.6) is 0 Å². The van der Waals surface area contributed by atoms with Crippen molar-refractivity contribution in [2.45, 2.75) is 25.6 Å². The normalized spacial score (nSPS) is 11.7. The van der Waals surface area contributed by atoms with Crippen molar-refractivity contribution >= 4 is 11.9 Å². The minimum Gasteiger partial charge on any atom is -0.467 e. The minimum atomic E-state index is -0.758. The molecule has 0 unspecified atom stereocenters. The van der Waals surface area contributed by atoms with Crippen LogP contribution in [0.25, 0.3) is 0 Å². The van der Waals surface area contributed by atoms with Gasteiger partial charge >= 0.3 is 5.97 Å². The zero-order valence-electron chi connectivity index (χ0n) is 17.5. The SMILES string of the molecule is COC(=O)[C@H](Cc1ccccc1)NC(=O)CN(Cc1ccccn1)Cc1ccccn1. The van der Waals surface area contributed by atoms with E-state index in [1.54, 1.807) is 12.4 Å². The molecule has 0 aliphatic rings. The van der Waals surface area contributed by atoms with Crippen molar-refractivity contribution in [3.8, 4) is 0 Å². The molecule has 0 saturated heterocycles. The van der Waals surface area contributed by atoms with Gasteiger partial charge in [0.2, 0.25) is 5.91 Å². The van der Waals surface area contributed by atoms with Crippen molar-refractivity contribution < 1.29 is 14.3 Å². The van der Waals surface area contributed by atoms with Gasteiger partial charge in [-0.1, -0.05) is 42.5 Å². The zero-order chi connectivity index (χ0) is 21.9. The second-order valence-electron chi connectivity index (χ2n) is 7.12. The molecule has 0 aliphatic carbocycles. The number of nitrogens with zero attached hydrogens (tertiary/aromatic N) is 3. The van der Waals surface area contributed by atoms with E-state index < -0.39 is 12.0 Å². The van der Waals surface area contributed by atoms with Crippen LogP contribution in [-0.4, -0.2) is 46.4 Å². The summed E-state index contributed by atoms with van der Waals surface area (Å²) in [6.45, 7) is 1.05. The molecule has 7 heteroatoms. The Balaban J connectivity index is 1.68. The van der Waals surface area contributed by atoms with Crippen LogP contribution in [0.2, 0.25) is 0 Å². The zero-order valence-corrected chi connectivity index (χ0v) is 17.5. The Bertz CT molecular complexity index is 911. The first-order valence-electron chi connectivity index (χ1n) is 10.1. The third-order valence-corrected chi connectivity index (χ3v) is 4.69. The summed E-state index contributed by atoms with van der Waals surface area (Å²) < 4.78 is 4.89. The molecule has 1 aromatic carbocycles. The quantitative estimate of drug-likeness (QED) is 0.509. The molecule has 2 aromatic heterocycles. The van der Waals surface area contributed by atoms with Gasteiger partial charge in [0.15, 0.2) is 0 Å². The summed E-state index contributed by atoms with van der Waals surface area (Å²) in [5.74, 6) is -0.739.